The number of fused-ring (bicyclic) bond motifs is 1. The molecule has 0 unspecified atom stereocenters. The second-order valence-corrected chi connectivity index (χ2v) is 5.54. The molecule has 4 nitrogen and oxygen atoms in total. The third-order valence-electron chi connectivity index (χ3n) is 3.16. The van der Waals surface area contributed by atoms with Crippen LogP contribution in [-0.4, -0.2) is 26.6 Å². The SMILES string of the molecule is CCC(Cn1c(CC(F)(F)F)nc2cc(Cl)c(Cl)cc21)=[NH+]O. The van der Waals surface area contributed by atoms with Crippen LogP contribution in [0.5, 0.6) is 0 Å². The highest BCUT2D eigenvalue weighted by molar-refractivity contribution is 6.42. The van der Waals surface area contributed by atoms with Gasteiger partial charge in [-0.2, -0.15) is 13.2 Å². The van der Waals surface area contributed by atoms with E-state index in [-0.39, 0.29) is 22.4 Å². The lowest BCUT2D eigenvalue weighted by Gasteiger charge is -2.09. The summed E-state index contributed by atoms with van der Waals surface area (Å²) in [5.41, 5.74) is 1.20. The molecule has 2 N–H and O–H groups in total. The van der Waals surface area contributed by atoms with Crippen LogP contribution in [0.1, 0.15) is 19.2 Å². The summed E-state index contributed by atoms with van der Waals surface area (Å²) in [4.78, 5) is 4.00. The minimum atomic E-state index is -4.40. The maximum Gasteiger partial charge on any atom is 0.396 e. The van der Waals surface area contributed by atoms with Gasteiger partial charge in [0.2, 0.25) is 5.71 Å². The van der Waals surface area contributed by atoms with Gasteiger partial charge in [0.15, 0.2) is 0 Å². The first-order chi connectivity index (χ1) is 10.2. The van der Waals surface area contributed by atoms with Crippen LogP contribution in [0.4, 0.5) is 13.2 Å². The van der Waals surface area contributed by atoms with Gasteiger partial charge in [0.05, 0.1) is 21.1 Å². The van der Waals surface area contributed by atoms with Crippen molar-refractivity contribution in [2.45, 2.75) is 32.5 Å². The average molecular weight is 355 g/mol. The number of halogens is 5. The number of benzene rings is 1. The van der Waals surface area contributed by atoms with Gasteiger partial charge in [0, 0.05) is 6.42 Å². The Hall–Kier alpha value is -1.47. The lowest BCUT2D eigenvalue weighted by molar-refractivity contribution is -0.739. The fraction of sp³-hybridized carbons (Fsp3) is 0.385. The molecule has 2 rings (SSSR count). The molecule has 0 fully saturated rings. The number of hydrogen-bond acceptors (Lipinski definition) is 2. The molecule has 120 valence electrons. The molecule has 1 aromatic heterocycles. The van der Waals surface area contributed by atoms with Gasteiger partial charge in [-0.1, -0.05) is 30.1 Å². The molecule has 0 radical (unpaired) electrons. The van der Waals surface area contributed by atoms with Crippen LogP contribution in [-0.2, 0) is 13.0 Å². The predicted molar refractivity (Wildman–Crippen MR) is 77.6 cm³/mol. The van der Waals surface area contributed by atoms with E-state index in [0.717, 1.165) is 0 Å². The lowest BCUT2D eigenvalue weighted by Crippen LogP contribution is -2.69. The highest BCUT2D eigenvalue weighted by Gasteiger charge is 2.31. The van der Waals surface area contributed by atoms with Crippen molar-refractivity contribution >= 4 is 39.9 Å². The third-order valence-corrected chi connectivity index (χ3v) is 3.88. The molecule has 0 saturated heterocycles. The van der Waals surface area contributed by atoms with E-state index in [1.165, 1.54) is 16.7 Å². The first-order valence-corrected chi connectivity index (χ1v) is 7.16. The number of rotatable bonds is 4. The van der Waals surface area contributed by atoms with Crippen molar-refractivity contribution in [3.8, 4) is 0 Å². The number of nitrogens with one attached hydrogen (secondary N) is 1. The zero-order valence-corrected chi connectivity index (χ0v) is 13.0. The van der Waals surface area contributed by atoms with Crippen LogP contribution >= 0.6 is 23.2 Å². The molecule has 0 atom stereocenters. The maximum atomic E-state index is 12.7. The maximum absolute atomic E-state index is 12.7. The van der Waals surface area contributed by atoms with Crippen molar-refractivity contribution in [1.29, 1.82) is 0 Å². The van der Waals surface area contributed by atoms with E-state index in [1.54, 1.807) is 6.92 Å². The van der Waals surface area contributed by atoms with Crippen molar-refractivity contribution < 1.29 is 23.5 Å². The van der Waals surface area contributed by atoms with Crippen LogP contribution in [0.25, 0.3) is 11.0 Å². The van der Waals surface area contributed by atoms with Crippen molar-refractivity contribution in [1.82, 2.24) is 9.55 Å². The van der Waals surface area contributed by atoms with Gasteiger partial charge in [-0.15, -0.1) is 0 Å². The Morgan fingerprint density at radius 2 is 1.95 bits per heavy atom. The molecule has 22 heavy (non-hydrogen) atoms. The molecule has 9 heteroatoms. The molecular weight excluding hydrogens is 342 g/mol. The van der Waals surface area contributed by atoms with Crippen LogP contribution < -0.4 is 5.16 Å². The van der Waals surface area contributed by atoms with Gasteiger partial charge in [-0.05, 0) is 17.3 Å². The average Bonchev–Trinajstić information content (AvgIpc) is 2.71. The molecule has 0 saturated carbocycles. The molecule has 0 amide bonds. The standard InChI is InChI=1S/C13H12Cl2F3N3O/c1-2-7(20-22)6-21-11-4-9(15)8(14)3-10(11)19-12(21)5-13(16,17)18/h3-4,22H,2,5-6H2,1H3/p+1. The summed E-state index contributed by atoms with van der Waals surface area (Å²) in [6.07, 6.45) is -5.13. The summed E-state index contributed by atoms with van der Waals surface area (Å²) >= 11 is 11.8. The fourth-order valence-corrected chi connectivity index (χ4v) is 2.39. The molecule has 0 bridgehead atoms. The van der Waals surface area contributed by atoms with Gasteiger partial charge in [0.1, 0.15) is 18.8 Å². The van der Waals surface area contributed by atoms with E-state index < -0.39 is 12.6 Å². The van der Waals surface area contributed by atoms with E-state index in [2.05, 4.69) is 4.98 Å². The van der Waals surface area contributed by atoms with Crippen molar-refractivity contribution in [2.24, 2.45) is 0 Å². The molecule has 1 aromatic carbocycles. The second-order valence-electron chi connectivity index (χ2n) is 4.73. The first kappa shape index (κ1) is 16.9. The zero-order valence-electron chi connectivity index (χ0n) is 11.5. The highest BCUT2D eigenvalue weighted by atomic mass is 35.5. The van der Waals surface area contributed by atoms with Gasteiger partial charge in [-0.25, -0.2) is 4.98 Å². The summed E-state index contributed by atoms with van der Waals surface area (Å²) in [7, 11) is 0. The Morgan fingerprint density at radius 1 is 1.32 bits per heavy atom. The molecule has 0 aliphatic heterocycles. The van der Waals surface area contributed by atoms with Crippen LogP contribution in [0.15, 0.2) is 12.1 Å². The Morgan fingerprint density at radius 3 is 2.50 bits per heavy atom. The van der Waals surface area contributed by atoms with Gasteiger partial charge in [0.25, 0.3) is 0 Å². The second kappa shape index (κ2) is 6.34. The number of alkyl halides is 3. The summed E-state index contributed by atoms with van der Waals surface area (Å²) in [6.45, 7) is 1.82. The summed E-state index contributed by atoms with van der Waals surface area (Å²) in [5, 5.41) is 11.5. The van der Waals surface area contributed by atoms with Crippen molar-refractivity contribution in [3.63, 3.8) is 0 Å². The number of aromatic nitrogens is 2. The van der Waals surface area contributed by atoms with Crippen molar-refractivity contribution in [2.75, 3.05) is 0 Å². The Labute approximate surface area is 134 Å². The van der Waals surface area contributed by atoms with E-state index >= 15 is 0 Å². The van der Waals surface area contributed by atoms with E-state index in [1.807, 2.05) is 5.16 Å². The molecule has 0 aliphatic rings. The largest absolute Gasteiger partial charge is 0.396 e. The quantitative estimate of drug-likeness (QED) is 0.504. The number of imidazole rings is 1. The normalized spacial score (nSPS) is 13.1. The molecular formula is C13H13Cl2F3N3O+. The van der Waals surface area contributed by atoms with Gasteiger partial charge in [-0.3, -0.25) is 5.21 Å². The van der Waals surface area contributed by atoms with Gasteiger partial charge >= 0.3 is 6.18 Å². The number of hydrogen-bond donors (Lipinski definition) is 2. The van der Waals surface area contributed by atoms with Crippen LogP contribution in [0, 0.1) is 0 Å². The summed E-state index contributed by atoms with van der Waals surface area (Å²) in [6, 6.07) is 2.89. The minimum Gasteiger partial charge on any atom is -0.317 e. The zero-order chi connectivity index (χ0) is 16.5. The predicted octanol–water partition coefficient (Wildman–Crippen LogP) is 2.77. The Balaban J connectivity index is 2.61. The van der Waals surface area contributed by atoms with Gasteiger partial charge < -0.3 is 4.57 Å². The highest BCUT2D eigenvalue weighted by Crippen LogP contribution is 2.30. The first-order valence-electron chi connectivity index (χ1n) is 6.41. The van der Waals surface area contributed by atoms with Crippen molar-refractivity contribution in [3.05, 3.63) is 28.0 Å². The number of nitrogens with zero attached hydrogens (tertiary/aromatic N) is 2. The fourth-order valence-electron chi connectivity index (χ4n) is 2.08. The molecule has 1 heterocycles. The topological polar surface area (TPSA) is 52.0 Å². The smallest absolute Gasteiger partial charge is 0.317 e. The Kier molecular flexibility index (Phi) is 4.87. The third kappa shape index (κ3) is 3.64. The van der Waals surface area contributed by atoms with Crippen LogP contribution in [0.2, 0.25) is 10.0 Å². The summed E-state index contributed by atoms with van der Waals surface area (Å²) in [5.74, 6) is -0.165. The Bertz CT molecular complexity index is 725. The van der Waals surface area contributed by atoms with Crippen LogP contribution in [0.3, 0.4) is 0 Å². The minimum absolute atomic E-state index is 0.0485. The lowest BCUT2D eigenvalue weighted by atomic mass is 10.2. The van der Waals surface area contributed by atoms with E-state index in [9.17, 15) is 13.2 Å². The molecule has 0 aliphatic carbocycles. The molecule has 2 aromatic rings. The van der Waals surface area contributed by atoms with E-state index in [4.69, 9.17) is 28.4 Å². The summed E-state index contributed by atoms with van der Waals surface area (Å²) < 4.78 is 39.6. The molecule has 0 spiro atoms. The van der Waals surface area contributed by atoms with E-state index in [0.29, 0.717) is 23.2 Å². The monoisotopic (exact) mass is 354 g/mol.